The van der Waals surface area contributed by atoms with Gasteiger partial charge in [0.05, 0.1) is 5.69 Å². The molecule has 0 saturated heterocycles. The lowest BCUT2D eigenvalue weighted by Gasteiger charge is -2.19. The lowest BCUT2D eigenvalue weighted by molar-refractivity contribution is 1.30. The van der Waals surface area contributed by atoms with Crippen molar-refractivity contribution in [3.05, 3.63) is 158 Å². The molecule has 6 aromatic carbocycles. The summed E-state index contributed by atoms with van der Waals surface area (Å²) in [5.41, 5.74) is 9.23. The second-order valence-electron chi connectivity index (χ2n) is 10.6. The average Bonchev–Trinajstić information content (AvgIpc) is 3.07. The molecular weight excluding hydrogens is 508 g/mol. The standard InChI is InChI=1S/C40H26N2/c1-2-10-28(11-3-1)39-32-14-4-6-16-34(32)40(35-17-7-5-15-33(35)39)36-18-8-12-27-19-20-30(24-37(27)36)38-25-29(21-23-42-38)31-13-9-22-41-26-31/h1-26H. The third-order valence-electron chi connectivity index (χ3n) is 8.20. The summed E-state index contributed by atoms with van der Waals surface area (Å²) in [6.45, 7) is 0. The summed E-state index contributed by atoms with van der Waals surface area (Å²) in [4.78, 5) is 9.07. The number of pyridine rings is 2. The van der Waals surface area contributed by atoms with Crippen molar-refractivity contribution in [3.63, 3.8) is 0 Å². The quantitative estimate of drug-likeness (QED) is 0.210. The first-order valence-corrected chi connectivity index (χ1v) is 14.2. The van der Waals surface area contributed by atoms with Crippen molar-refractivity contribution in [2.45, 2.75) is 0 Å². The zero-order valence-electron chi connectivity index (χ0n) is 22.9. The summed E-state index contributed by atoms with van der Waals surface area (Å²) in [7, 11) is 0. The van der Waals surface area contributed by atoms with Crippen LogP contribution in [0.15, 0.2) is 158 Å². The van der Waals surface area contributed by atoms with Crippen molar-refractivity contribution in [2.24, 2.45) is 0 Å². The molecule has 0 atom stereocenters. The minimum absolute atomic E-state index is 0.946. The predicted molar refractivity (Wildman–Crippen MR) is 176 cm³/mol. The molecule has 0 aliphatic heterocycles. The molecule has 2 heteroatoms. The molecule has 0 unspecified atom stereocenters. The average molecular weight is 535 g/mol. The summed E-state index contributed by atoms with van der Waals surface area (Å²) in [6.07, 6.45) is 5.58. The topological polar surface area (TPSA) is 25.8 Å². The minimum atomic E-state index is 0.946. The van der Waals surface area contributed by atoms with E-state index in [0.717, 1.165) is 22.4 Å². The van der Waals surface area contributed by atoms with E-state index in [0.29, 0.717) is 0 Å². The highest BCUT2D eigenvalue weighted by molar-refractivity contribution is 6.23. The number of aromatic nitrogens is 2. The van der Waals surface area contributed by atoms with E-state index in [1.54, 1.807) is 6.20 Å². The summed E-state index contributed by atoms with van der Waals surface area (Å²) in [5, 5.41) is 7.45. The highest BCUT2D eigenvalue weighted by Crippen LogP contribution is 2.45. The predicted octanol–water partition coefficient (Wildman–Crippen LogP) is 10.6. The minimum Gasteiger partial charge on any atom is -0.264 e. The Bertz CT molecular complexity index is 2180. The Morgan fingerprint density at radius 1 is 0.381 bits per heavy atom. The van der Waals surface area contributed by atoms with Gasteiger partial charge in [-0.1, -0.05) is 115 Å². The van der Waals surface area contributed by atoms with Crippen LogP contribution in [0.5, 0.6) is 0 Å². The maximum atomic E-state index is 4.77. The van der Waals surface area contributed by atoms with Crippen LogP contribution in [-0.2, 0) is 0 Å². The van der Waals surface area contributed by atoms with Gasteiger partial charge in [0, 0.05) is 29.7 Å². The lowest BCUT2D eigenvalue weighted by Crippen LogP contribution is -1.92. The molecule has 42 heavy (non-hydrogen) atoms. The van der Waals surface area contributed by atoms with E-state index in [-0.39, 0.29) is 0 Å². The van der Waals surface area contributed by atoms with Crippen molar-refractivity contribution in [3.8, 4) is 44.6 Å². The van der Waals surface area contributed by atoms with Gasteiger partial charge >= 0.3 is 0 Å². The fourth-order valence-electron chi connectivity index (χ4n) is 6.29. The fourth-order valence-corrected chi connectivity index (χ4v) is 6.29. The van der Waals surface area contributed by atoms with Crippen LogP contribution in [0.1, 0.15) is 0 Å². The van der Waals surface area contributed by atoms with Gasteiger partial charge in [0.15, 0.2) is 0 Å². The van der Waals surface area contributed by atoms with Crippen LogP contribution in [0.3, 0.4) is 0 Å². The largest absolute Gasteiger partial charge is 0.264 e. The lowest BCUT2D eigenvalue weighted by atomic mass is 9.84. The molecule has 2 nitrogen and oxygen atoms in total. The summed E-state index contributed by atoms with van der Waals surface area (Å²) < 4.78 is 0. The first-order valence-electron chi connectivity index (χ1n) is 14.2. The van der Waals surface area contributed by atoms with E-state index in [1.165, 1.54) is 54.6 Å². The van der Waals surface area contributed by atoms with Crippen LogP contribution in [0.2, 0.25) is 0 Å². The number of fused-ring (bicyclic) bond motifs is 3. The number of rotatable bonds is 4. The molecular formula is C40H26N2. The Hall–Kier alpha value is -5.60. The highest BCUT2D eigenvalue weighted by atomic mass is 14.7. The third kappa shape index (κ3) is 4.05. The Morgan fingerprint density at radius 3 is 1.79 bits per heavy atom. The Labute approximate surface area is 244 Å². The molecule has 0 bridgehead atoms. The van der Waals surface area contributed by atoms with E-state index >= 15 is 0 Å². The van der Waals surface area contributed by atoms with Crippen molar-refractivity contribution in [1.29, 1.82) is 0 Å². The van der Waals surface area contributed by atoms with E-state index in [4.69, 9.17) is 4.98 Å². The first kappa shape index (κ1) is 24.2. The monoisotopic (exact) mass is 534 g/mol. The van der Waals surface area contributed by atoms with Crippen molar-refractivity contribution >= 4 is 32.3 Å². The van der Waals surface area contributed by atoms with E-state index in [2.05, 4.69) is 132 Å². The summed E-state index contributed by atoms with van der Waals surface area (Å²) in [6, 6.07) is 50.0. The molecule has 0 aliphatic rings. The van der Waals surface area contributed by atoms with Gasteiger partial charge in [-0.3, -0.25) is 9.97 Å². The smallest absolute Gasteiger partial charge is 0.0708 e. The second-order valence-corrected chi connectivity index (χ2v) is 10.6. The highest BCUT2D eigenvalue weighted by Gasteiger charge is 2.18. The van der Waals surface area contributed by atoms with Crippen molar-refractivity contribution in [2.75, 3.05) is 0 Å². The molecule has 0 radical (unpaired) electrons. The molecule has 2 heterocycles. The second kappa shape index (κ2) is 10.1. The van der Waals surface area contributed by atoms with Crippen LogP contribution >= 0.6 is 0 Å². The fraction of sp³-hybridized carbons (Fsp3) is 0. The maximum absolute atomic E-state index is 4.77. The van der Waals surface area contributed by atoms with Gasteiger partial charge in [0.25, 0.3) is 0 Å². The molecule has 0 N–H and O–H groups in total. The van der Waals surface area contributed by atoms with E-state index in [1.807, 2.05) is 24.5 Å². The van der Waals surface area contributed by atoms with Crippen LogP contribution in [-0.4, -0.2) is 9.97 Å². The summed E-state index contributed by atoms with van der Waals surface area (Å²) in [5.74, 6) is 0. The molecule has 8 aromatic rings. The van der Waals surface area contributed by atoms with Gasteiger partial charge in [-0.25, -0.2) is 0 Å². The first-order chi connectivity index (χ1) is 20.8. The maximum Gasteiger partial charge on any atom is 0.0708 e. The molecule has 0 spiro atoms. The number of benzene rings is 6. The normalized spacial score (nSPS) is 11.3. The molecule has 196 valence electrons. The molecule has 0 aliphatic carbocycles. The number of hydrogen-bond donors (Lipinski definition) is 0. The number of nitrogens with zero attached hydrogens (tertiary/aromatic N) is 2. The van der Waals surface area contributed by atoms with Gasteiger partial charge in [-0.15, -0.1) is 0 Å². The molecule has 2 aromatic heterocycles. The van der Waals surface area contributed by atoms with Gasteiger partial charge in [-0.2, -0.15) is 0 Å². The third-order valence-corrected chi connectivity index (χ3v) is 8.20. The summed E-state index contributed by atoms with van der Waals surface area (Å²) >= 11 is 0. The van der Waals surface area contributed by atoms with E-state index in [9.17, 15) is 0 Å². The number of hydrogen-bond acceptors (Lipinski definition) is 2. The molecule has 0 fully saturated rings. The van der Waals surface area contributed by atoms with Crippen LogP contribution in [0, 0.1) is 0 Å². The Balaban J connectivity index is 1.40. The van der Waals surface area contributed by atoms with Crippen LogP contribution < -0.4 is 0 Å². The van der Waals surface area contributed by atoms with Crippen LogP contribution in [0.25, 0.3) is 77.0 Å². The van der Waals surface area contributed by atoms with Gasteiger partial charge in [-0.05, 0) is 84.4 Å². The Kier molecular flexibility index (Phi) is 5.82. The van der Waals surface area contributed by atoms with Gasteiger partial charge in [0.1, 0.15) is 0 Å². The Morgan fingerprint density at radius 2 is 1.07 bits per heavy atom. The zero-order valence-corrected chi connectivity index (χ0v) is 22.9. The molecule has 0 amide bonds. The van der Waals surface area contributed by atoms with E-state index < -0.39 is 0 Å². The van der Waals surface area contributed by atoms with Crippen molar-refractivity contribution in [1.82, 2.24) is 9.97 Å². The van der Waals surface area contributed by atoms with Crippen molar-refractivity contribution < 1.29 is 0 Å². The van der Waals surface area contributed by atoms with Crippen LogP contribution in [0.4, 0.5) is 0 Å². The molecule has 8 rings (SSSR count). The van der Waals surface area contributed by atoms with Gasteiger partial charge < -0.3 is 0 Å². The van der Waals surface area contributed by atoms with Gasteiger partial charge in [0.2, 0.25) is 0 Å². The zero-order chi connectivity index (χ0) is 27.9. The SMILES string of the molecule is c1ccc(-c2c3ccccc3c(-c3cccc4ccc(-c5cc(-c6cccnc6)ccn5)cc34)c3ccccc23)cc1. The molecule has 0 saturated carbocycles.